The molecular weight excluding hydrogens is 471 g/mol. The molecule has 0 spiro atoms. The van der Waals surface area contributed by atoms with E-state index in [-0.39, 0.29) is 19.1 Å². The molecule has 12 heteroatoms. The Labute approximate surface area is 195 Å². The van der Waals surface area contributed by atoms with Crippen LogP contribution < -0.4 is 5.73 Å². The summed E-state index contributed by atoms with van der Waals surface area (Å²) in [7, 11) is -3.85. The molecule has 2 fully saturated rings. The molecular formula is C21H24ClN4O6P. The van der Waals surface area contributed by atoms with Crippen molar-refractivity contribution >= 4 is 36.3 Å². The van der Waals surface area contributed by atoms with Gasteiger partial charge < -0.3 is 20.1 Å². The zero-order valence-electron chi connectivity index (χ0n) is 17.8. The highest BCUT2D eigenvalue weighted by Gasteiger charge is 2.45. The Morgan fingerprint density at radius 1 is 1.36 bits per heavy atom. The lowest BCUT2D eigenvalue weighted by molar-refractivity contribution is -0.0536. The monoisotopic (exact) mass is 494 g/mol. The average molecular weight is 495 g/mol. The first-order valence-corrected chi connectivity index (χ1v) is 12.4. The Morgan fingerprint density at radius 2 is 2.21 bits per heavy atom. The van der Waals surface area contributed by atoms with Gasteiger partial charge in [-0.05, 0) is 23.8 Å². The van der Waals surface area contributed by atoms with Gasteiger partial charge in [0.25, 0.3) is 0 Å². The lowest BCUT2D eigenvalue weighted by Gasteiger charge is -2.30. The predicted octanol–water partition coefficient (Wildman–Crippen LogP) is 3.86. The molecule has 2 aliphatic heterocycles. The van der Waals surface area contributed by atoms with Gasteiger partial charge in [0.2, 0.25) is 0 Å². The summed E-state index contributed by atoms with van der Waals surface area (Å²) in [4.78, 5) is 8.28. The van der Waals surface area contributed by atoms with E-state index in [2.05, 4.69) is 9.97 Å². The number of ether oxygens (including phenoxy) is 1. The van der Waals surface area contributed by atoms with Gasteiger partial charge in [0.05, 0.1) is 30.8 Å². The molecule has 10 nitrogen and oxygen atoms in total. The highest BCUT2D eigenvalue weighted by Crippen LogP contribution is 2.57. The molecule has 0 bridgehead atoms. The van der Waals surface area contributed by atoms with Crippen LogP contribution in [0.1, 0.15) is 31.2 Å². The molecule has 2 aliphatic rings. The number of hydrogen-bond donors (Lipinski definition) is 2. The van der Waals surface area contributed by atoms with E-state index in [1.54, 1.807) is 35.0 Å². The zero-order chi connectivity index (χ0) is 23.2. The Hall–Kier alpha value is -2.04. The smallest absolute Gasteiger partial charge is 0.390 e. The molecule has 4 heterocycles. The maximum atomic E-state index is 13.1. The minimum Gasteiger partial charge on any atom is -0.390 e. The van der Waals surface area contributed by atoms with Gasteiger partial charge in [0, 0.05) is 23.6 Å². The number of benzene rings is 1. The van der Waals surface area contributed by atoms with Gasteiger partial charge in [0.15, 0.2) is 0 Å². The van der Waals surface area contributed by atoms with Crippen molar-refractivity contribution in [2.24, 2.45) is 5.92 Å². The number of phosphoric ester groups is 1. The number of phosphoric acid groups is 1. The van der Waals surface area contributed by atoms with Gasteiger partial charge in [-0.1, -0.05) is 30.7 Å². The molecule has 3 N–H and O–H groups in total. The van der Waals surface area contributed by atoms with E-state index in [0.717, 1.165) is 5.56 Å². The number of fused-ring (bicyclic) bond motifs is 1. The van der Waals surface area contributed by atoms with Gasteiger partial charge in [-0.2, -0.15) is 0 Å². The number of hydrogen-bond acceptors (Lipinski definition) is 9. The van der Waals surface area contributed by atoms with Crippen LogP contribution in [0.2, 0.25) is 5.02 Å². The minimum absolute atomic E-state index is 0.169. The second-order valence-electron chi connectivity index (χ2n) is 8.15. The van der Waals surface area contributed by atoms with E-state index in [9.17, 15) is 9.67 Å². The Morgan fingerprint density at radius 3 is 3.03 bits per heavy atom. The van der Waals surface area contributed by atoms with E-state index >= 15 is 0 Å². The van der Waals surface area contributed by atoms with E-state index in [1.807, 2.05) is 13.0 Å². The summed E-state index contributed by atoms with van der Waals surface area (Å²) in [6.07, 6.45) is 1.08. The van der Waals surface area contributed by atoms with Crippen molar-refractivity contribution in [1.82, 2.24) is 14.5 Å². The molecule has 5 rings (SSSR count). The minimum atomic E-state index is -3.85. The first-order chi connectivity index (χ1) is 15.8. The van der Waals surface area contributed by atoms with Crippen LogP contribution in [0.25, 0.3) is 11.0 Å². The van der Waals surface area contributed by atoms with E-state index < -0.39 is 32.4 Å². The number of aliphatic hydroxyl groups is 1. The summed E-state index contributed by atoms with van der Waals surface area (Å²) in [5.41, 5.74) is 7.32. The molecule has 2 aromatic heterocycles. The summed E-state index contributed by atoms with van der Waals surface area (Å²) < 4.78 is 37.6. The molecule has 176 valence electrons. The number of nitrogens with two attached hydrogens (primary N) is 1. The van der Waals surface area contributed by atoms with Crippen LogP contribution in [0, 0.1) is 5.92 Å². The lowest BCUT2D eigenvalue weighted by Crippen LogP contribution is -2.29. The fourth-order valence-electron chi connectivity index (χ4n) is 4.22. The highest BCUT2D eigenvalue weighted by atomic mass is 35.5. The molecule has 3 aromatic rings. The van der Waals surface area contributed by atoms with Crippen molar-refractivity contribution in [2.75, 3.05) is 18.9 Å². The third-order valence-electron chi connectivity index (χ3n) is 6.00. The topological polar surface area (TPSA) is 131 Å². The summed E-state index contributed by atoms with van der Waals surface area (Å²) in [6.45, 7) is 1.90. The number of rotatable bonds is 5. The van der Waals surface area contributed by atoms with E-state index in [4.69, 9.17) is 35.6 Å². The van der Waals surface area contributed by atoms with E-state index in [1.165, 1.54) is 6.33 Å². The Balaban J connectivity index is 1.27. The van der Waals surface area contributed by atoms with E-state index in [0.29, 0.717) is 28.3 Å². The average Bonchev–Trinajstić information content (AvgIpc) is 3.35. The number of aromatic nitrogens is 3. The van der Waals surface area contributed by atoms with Crippen molar-refractivity contribution < 1.29 is 28.0 Å². The third-order valence-corrected chi connectivity index (χ3v) is 7.71. The largest absolute Gasteiger partial charge is 0.475 e. The van der Waals surface area contributed by atoms with Crippen LogP contribution in [0.15, 0.2) is 42.9 Å². The maximum absolute atomic E-state index is 13.1. The van der Waals surface area contributed by atoms with Crippen LogP contribution in [0.4, 0.5) is 5.82 Å². The number of halogens is 1. The Bertz CT molecular complexity index is 1210. The molecule has 1 unspecified atom stereocenters. The van der Waals surface area contributed by atoms with Crippen molar-refractivity contribution in [3.05, 3.63) is 53.4 Å². The number of anilines is 1. The first-order valence-electron chi connectivity index (χ1n) is 10.6. The van der Waals surface area contributed by atoms with Gasteiger partial charge in [-0.15, -0.1) is 0 Å². The molecule has 1 aromatic carbocycles. The van der Waals surface area contributed by atoms with Crippen molar-refractivity contribution in [1.29, 1.82) is 0 Å². The van der Waals surface area contributed by atoms with Gasteiger partial charge in [-0.3, -0.25) is 13.6 Å². The summed E-state index contributed by atoms with van der Waals surface area (Å²) in [5, 5.41) is 12.0. The molecule has 6 atom stereocenters. The van der Waals surface area contributed by atoms with Crippen LogP contribution >= 0.6 is 19.4 Å². The molecule has 2 saturated heterocycles. The zero-order valence-corrected chi connectivity index (χ0v) is 19.4. The normalized spacial score (nSPS) is 32.4. The second-order valence-corrected chi connectivity index (χ2v) is 10.2. The number of nitrogens with zero attached hydrogens (tertiary/aromatic N) is 3. The second kappa shape index (κ2) is 8.96. The quantitative estimate of drug-likeness (QED) is 0.507. The summed E-state index contributed by atoms with van der Waals surface area (Å²) in [6, 6.07) is 8.96. The number of nitrogen functional groups attached to an aromatic ring is 1. The standard InChI is InChI=1S/C21H24ClN4O6P/c1-12-18(27)17(31-21(12)26-7-5-15-19(23)24-11-25-20(15)26)10-30-33(28)29-8-6-16(32-33)13-3-2-4-14(22)9-13/h2-5,7,9,11-12,16-18,21,27H,6,8,10H2,1H3,(H2,23,24,25)/t12-,16+,17?,18-,21+,33-/m0/s1. The molecule has 0 amide bonds. The fourth-order valence-corrected chi connectivity index (χ4v) is 5.81. The van der Waals surface area contributed by atoms with Crippen LogP contribution in [-0.2, 0) is 22.9 Å². The van der Waals surface area contributed by atoms with Crippen LogP contribution in [0.5, 0.6) is 0 Å². The van der Waals surface area contributed by atoms with Crippen molar-refractivity contribution in [3.8, 4) is 0 Å². The van der Waals surface area contributed by atoms with Gasteiger partial charge in [-0.25, -0.2) is 14.5 Å². The van der Waals surface area contributed by atoms with Crippen molar-refractivity contribution in [3.63, 3.8) is 0 Å². The molecule has 0 saturated carbocycles. The molecule has 0 radical (unpaired) electrons. The predicted molar refractivity (Wildman–Crippen MR) is 120 cm³/mol. The Kier molecular flexibility index (Phi) is 6.17. The number of aliphatic hydroxyl groups excluding tert-OH is 1. The molecule has 33 heavy (non-hydrogen) atoms. The first kappa shape index (κ1) is 22.7. The third kappa shape index (κ3) is 4.40. The maximum Gasteiger partial charge on any atom is 0.475 e. The van der Waals surface area contributed by atoms with Crippen LogP contribution in [0.3, 0.4) is 0 Å². The van der Waals surface area contributed by atoms with Gasteiger partial charge >= 0.3 is 7.82 Å². The van der Waals surface area contributed by atoms with Crippen molar-refractivity contribution in [2.45, 2.75) is 37.9 Å². The summed E-state index contributed by atoms with van der Waals surface area (Å²) in [5.74, 6) is 0.0718. The van der Waals surface area contributed by atoms with Crippen LogP contribution in [-0.4, -0.2) is 45.1 Å². The van der Waals surface area contributed by atoms with Gasteiger partial charge in [0.1, 0.15) is 30.1 Å². The highest BCUT2D eigenvalue weighted by molar-refractivity contribution is 7.48. The fraction of sp³-hybridized carbons (Fsp3) is 0.429. The summed E-state index contributed by atoms with van der Waals surface area (Å²) >= 11 is 6.06. The SMILES string of the molecule is C[C@H]1[C@H](O)C(CO[P@]2(=O)OCC[C@H](c3cccc(Cl)c3)O2)O[C@H]1n1ccc2c(N)ncnc21. The lowest BCUT2D eigenvalue weighted by atomic mass is 10.0. The molecule has 0 aliphatic carbocycles.